The fraction of sp³-hybridized carbons (Fsp3) is 0.706. The van der Waals surface area contributed by atoms with Gasteiger partial charge in [0.2, 0.25) is 0 Å². The maximum Gasteiger partial charge on any atom is 0.0600 e. The molecule has 20 heavy (non-hydrogen) atoms. The zero-order valence-electron chi connectivity index (χ0n) is 13.4. The number of nitrogens with one attached hydrogen (secondary N) is 1. The molecule has 0 spiro atoms. The molecule has 1 aromatic rings. The van der Waals surface area contributed by atoms with E-state index in [-0.39, 0.29) is 0 Å². The standard InChI is InChI=1S/C17H29N3/c1-13(2)10-19-11-16-5-7-18-12-17(16)20-8-6-14(3)9-15(20)4/h5,7,12-15,19H,6,8-11H2,1-4H3. The Bertz CT molecular complexity index is 416. The summed E-state index contributed by atoms with van der Waals surface area (Å²) in [5, 5.41) is 3.55. The van der Waals surface area contributed by atoms with Gasteiger partial charge in [0, 0.05) is 25.3 Å². The third-order valence-corrected chi connectivity index (χ3v) is 4.20. The molecule has 3 nitrogen and oxygen atoms in total. The van der Waals surface area contributed by atoms with Crippen molar-refractivity contribution >= 4 is 5.69 Å². The van der Waals surface area contributed by atoms with Gasteiger partial charge in [-0.25, -0.2) is 0 Å². The van der Waals surface area contributed by atoms with Gasteiger partial charge in [0.15, 0.2) is 0 Å². The summed E-state index contributed by atoms with van der Waals surface area (Å²) in [5.41, 5.74) is 2.70. The Morgan fingerprint density at radius 1 is 1.40 bits per heavy atom. The SMILES string of the molecule is CC(C)CNCc1ccncc1N1CCC(C)CC1C. The van der Waals surface area contributed by atoms with E-state index in [0.29, 0.717) is 12.0 Å². The quantitative estimate of drug-likeness (QED) is 0.892. The molecule has 1 aliphatic rings. The Kier molecular flexibility index (Phi) is 5.41. The molecule has 3 heteroatoms. The van der Waals surface area contributed by atoms with Gasteiger partial charge >= 0.3 is 0 Å². The second-order valence-electron chi connectivity index (χ2n) is 6.70. The molecule has 112 valence electrons. The van der Waals surface area contributed by atoms with Gasteiger partial charge in [0.25, 0.3) is 0 Å². The molecule has 1 aliphatic heterocycles. The van der Waals surface area contributed by atoms with E-state index in [0.717, 1.165) is 25.6 Å². The van der Waals surface area contributed by atoms with Crippen LogP contribution in [0.3, 0.4) is 0 Å². The molecule has 0 aliphatic carbocycles. The lowest BCUT2D eigenvalue weighted by Crippen LogP contribution is -2.41. The maximum absolute atomic E-state index is 4.35. The van der Waals surface area contributed by atoms with Gasteiger partial charge in [-0.05, 0) is 49.8 Å². The lowest BCUT2D eigenvalue weighted by atomic mass is 9.92. The average molecular weight is 275 g/mol. The summed E-state index contributed by atoms with van der Waals surface area (Å²) < 4.78 is 0. The number of anilines is 1. The molecule has 0 saturated carbocycles. The number of nitrogens with zero attached hydrogens (tertiary/aromatic N) is 2. The number of piperidine rings is 1. The van der Waals surface area contributed by atoms with E-state index in [4.69, 9.17) is 0 Å². The Labute approximate surface area is 123 Å². The molecule has 1 fully saturated rings. The number of hydrogen-bond acceptors (Lipinski definition) is 3. The minimum Gasteiger partial charge on any atom is -0.367 e. The fourth-order valence-corrected chi connectivity index (χ4v) is 3.08. The lowest BCUT2D eigenvalue weighted by Gasteiger charge is -2.39. The first-order valence-electron chi connectivity index (χ1n) is 7.98. The monoisotopic (exact) mass is 275 g/mol. The van der Waals surface area contributed by atoms with Crippen molar-refractivity contribution in [2.45, 2.75) is 53.1 Å². The number of aromatic nitrogens is 1. The highest BCUT2D eigenvalue weighted by Gasteiger charge is 2.24. The van der Waals surface area contributed by atoms with Gasteiger partial charge in [-0.2, -0.15) is 0 Å². The van der Waals surface area contributed by atoms with Crippen LogP contribution in [0.2, 0.25) is 0 Å². The van der Waals surface area contributed by atoms with Crippen LogP contribution in [0.25, 0.3) is 0 Å². The minimum atomic E-state index is 0.617. The van der Waals surface area contributed by atoms with Crippen molar-refractivity contribution in [2.24, 2.45) is 11.8 Å². The molecule has 1 aromatic heterocycles. The van der Waals surface area contributed by atoms with Crippen LogP contribution in [-0.2, 0) is 6.54 Å². The maximum atomic E-state index is 4.35. The van der Waals surface area contributed by atoms with Gasteiger partial charge < -0.3 is 10.2 Å². The molecule has 0 amide bonds. The Morgan fingerprint density at radius 3 is 2.90 bits per heavy atom. The van der Waals surface area contributed by atoms with Gasteiger partial charge in [0.05, 0.1) is 11.9 Å². The molecular formula is C17H29N3. The topological polar surface area (TPSA) is 28.2 Å². The number of pyridine rings is 1. The average Bonchev–Trinajstić information content (AvgIpc) is 2.39. The molecule has 0 radical (unpaired) electrons. The van der Waals surface area contributed by atoms with Crippen LogP contribution in [0.15, 0.2) is 18.5 Å². The van der Waals surface area contributed by atoms with Gasteiger partial charge in [0.1, 0.15) is 0 Å². The van der Waals surface area contributed by atoms with Crippen LogP contribution in [0.5, 0.6) is 0 Å². The van der Waals surface area contributed by atoms with E-state index in [1.165, 1.54) is 24.1 Å². The van der Waals surface area contributed by atoms with Crippen molar-refractivity contribution in [3.8, 4) is 0 Å². The molecule has 1 N–H and O–H groups in total. The van der Waals surface area contributed by atoms with Crippen molar-refractivity contribution in [2.75, 3.05) is 18.0 Å². The predicted octanol–water partition coefficient (Wildman–Crippen LogP) is 3.45. The Balaban J connectivity index is 2.07. The normalized spacial score (nSPS) is 23.4. The first-order valence-corrected chi connectivity index (χ1v) is 7.98. The molecule has 2 heterocycles. The van der Waals surface area contributed by atoms with Crippen LogP contribution in [0.1, 0.15) is 46.1 Å². The van der Waals surface area contributed by atoms with E-state index in [2.05, 4.69) is 49.0 Å². The van der Waals surface area contributed by atoms with Crippen molar-refractivity contribution in [1.82, 2.24) is 10.3 Å². The molecule has 0 aromatic carbocycles. The van der Waals surface area contributed by atoms with Crippen molar-refractivity contribution in [1.29, 1.82) is 0 Å². The Hall–Kier alpha value is -1.09. The van der Waals surface area contributed by atoms with Gasteiger partial charge in [-0.15, -0.1) is 0 Å². The molecule has 2 atom stereocenters. The van der Waals surface area contributed by atoms with Crippen molar-refractivity contribution in [3.05, 3.63) is 24.0 Å². The molecule has 1 saturated heterocycles. The fourth-order valence-electron chi connectivity index (χ4n) is 3.08. The van der Waals surface area contributed by atoms with E-state index in [9.17, 15) is 0 Å². The minimum absolute atomic E-state index is 0.617. The van der Waals surface area contributed by atoms with E-state index >= 15 is 0 Å². The van der Waals surface area contributed by atoms with Crippen LogP contribution >= 0.6 is 0 Å². The lowest BCUT2D eigenvalue weighted by molar-refractivity contribution is 0.377. The highest BCUT2D eigenvalue weighted by molar-refractivity contribution is 5.52. The number of hydrogen-bond donors (Lipinski definition) is 1. The summed E-state index contributed by atoms with van der Waals surface area (Å²) in [4.78, 5) is 6.89. The predicted molar refractivity (Wildman–Crippen MR) is 86.0 cm³/mol. The summed E-state index contributed by atoms with van der Waals surface area (Å²) in [5.74, 6) is 1.54. The van der Waals surface area contributed by atoms with Crippen LogP contribution in [0, 0.1) is 11.8 Å². The summed E-state index contributed by atoms with van der Waals surface area (Å²) in [6, 6.07) is 2.78. The highest BCUT2D eigenvalue weighted by atomic mass is 15.2. The molecular weight excluding hydrogens is 246 g/mol. The molecule has 0 bridgehead atoms. The first-order chi connectivity index (χ1) is 9.58. The van der Waals surface area contributed by atoms with Crippen molar-refractivity contribution < 1.29 is 0 Å². The van der Waals surface area contributed by atoms with Crippen molar-refractivity contribution in [3.63, 3.8) is 0 Å². The van der Waals surface area contributed by atoms with E-state index in [1.54, 1.807) is 0 Å². The largest absolute Gasteiger partial charge is 0.367 e. The first kappa shape index (κ1) is 15.3. The third kappa shape index (κ3) is 3.95. The zero-order chi connectivity index (χ0) is 14.5. The molecule has 2 unspecified atom stereocenters. The second kappa shape index (κ2) is 7.07. The zero-order valence-corrected chi connectivity index (χ0v) is 13.4. The molecule has 2 rings (SSSR count). The summed E-state index contributed by atoms with van der Waals surface area (Å²) in [7, 11) is 0. The van der Waals surface area contributed by atoms with E-state index < -0.39 is 0 Å². The summed E-state index contributed by atoms with van der Waals surface area (Å²) in [6.45, 7) is 12.4. The number of rotatable bonds is 5. The van der Waals surface area contributed by atoms with Gasteiger partial charge in [-0.3, -0.25) is 4.98 Å². The van der Waals surface area contributed by atoms with E-state index in [1.807, 2.05) is 12.4 Å². The van der Waals surface area contributed by atoms with Crippen LogP contribution in [0.4, 0.5) is 5.69 Å². The highest BCUT2D eigenvalue weighted by Crippen LogP contribution is 2.29. The second-order valence-corrected chi connectivity index (χ2v) is 6.70. The Morgan fingerprint density at radius 2 is 2.20 bits per heavy atom. The summed E-state index contributed by atoms with van der Waals surface area (Å²) in [6.07, 6.45) is 6.53. The summed E-state index contributed by atoms with van der Waals surface area (Å²) >= 11 is 0. The van der Waals surface area contributed by atoms with Crippen LogP contribution < -0.4 is 10.2 Å². The third-order valence-electron chi connectivity index (χ3n) is 4.20. The van der Waals surface area contributed by atoms with Crippen LogP contribution in [-0.4, -0.2) is 24.1 Å². The van der Waals surface area contributed by atoms with Gasteiger partial charge in [-0.1, -0.05) is 20.8 Å². The smallest absolute Gasteiger partial charge is 0.0600 e.